The summed E-state index contributed by atoms with van der Waals surface area (Å²) in [4.78, 5) is 23.1. The molecule has 1 aliphatic carbocycles. The van der Waals surface area contributed by atoms with E-state index in [9.17, 15) is 9.59 Å². The lowest BCUT2D eigenvalue weighted by molar-refractivity contribution is -0.154. The third-order valence-electron chi connectivity index (χ3n) is 3.05. The molecule has 0 aromatic heterocycles. The molecule has 1 saturated heterocycles. The predicted molar refractivity (Wildman–Crippen MR) is 60.5 cm³/mol. The fraction of sp³-hybridized carbons (Fsp3) is 0.800. The van der Waals surface area contributed by atoms with E-state index in [1.807, 2.05) is 0 Å². The highest BCUT2D eigenvalue weighted by atomic mass is 79.9. The van der Waals surface area contributed by atoms with Gasteiger partial charge in [-0.2, -0.15) is 0 Å². The van der Waals surface area contributed by atoms with Gasteiger partial charge in [-0.05, 0) is 13.3 Å². The van der Waals surface area contributed by atoms with Crippen LogP contribution in [-0.2, 0) is 19.1 Å². The smallest absolute Gasteiger partial charge is 0.311 e. The molecular formula is C10H12BrClO4. The molecule has 2 aliphatic rings. The molecule has 0 N–H and O–H groups in total. The summed E-state index contributed by atoms with van der Waals surface area (Å²) in [5.41, 5.74) is 0. The number of carbonyl (C=O) groups excluding carboxylic acids is 2. The first-order valence-electron chi connectivity index (χ1n) is 5.21. The van der Waals surface area contributed by atoms with Gasteiger partial charge in [0.1, 0.15) is 6.10 Å². The zero-order valence-corrected chi connectivity index (χ0v) is 11.0. The minimum atomic E-state index is -0.600. The standard InChI is InChI=1S/C10H12BrClO4/c1-2-15-10(14)6-4-3-5(16-9(4)13)7(11)8(6)12/h4-8H,2-3H2,1H3/t4-,5-,6-,7-,8+/m0/s1. The van der Waals surface area contributed by atoms with Crippen molar-refractivity contribution in [1.82, 2.24) is 0 Å². The summed E-state index contributed by atoms with van der Waals surface area (Å²) >= 11 is 9.56. The van der Waals surface area contributed by atoms with Crippen molar-refractivity contribution in [1.29, 1.82) is 0 Å². The number of carbonyl (C=O) groups is 2. The number of alkyl halides is 2. The summed E-state index contributed by atoms with van der Waals surface area (Å²) in [6.45, 7) is 2.02. The summed E-state index contributed by atoms with van der Waals surface area (Å²) in [5, 5.41) is -0.464. The molecule has 90 valence electrons. The van der Waals surface area contributed by atoms with Crippen molar-refractivity contribution in [2.45, 2.75) is 29.7 Å². The van der Waals surface area contributed by atoms with Crippen molar-refractivity contribution >= 4 is 39.5 Å². The lowest BCUT2D eigenvalue weighted by Gasteiger charge is -2.31. The van der Waals surface area contributed by atoms with E-state index in [2.05, 4.69) is 15.9 Å². The van der Waals surface area contributed by atoms with Crippen molar-refractivity contribution in [3.05, 3.63) is 0 Å². The Morgan fingerprint density at radius 2 is 2.38 bits per heavy atom. The lowest BCUT2D eigenvalue weighted by atomic mass is 9.79. The van der Waals surface area contributed by atoms with Gasteiger partial charge < -0.3 is 9.47 Å². The van der Waals surface area contributed by atoms with Crippen LogP contribution >= 0.6 is 27.5 Å². The third kappa shape index (κ3) is 1.84. The van der Waals surface area contributed by atoms with Gasteiger partial charge in [-0.1, -0.05) is 15.9 Å². The Morgan fingerprint density at radius 1 is 1.69 bits per heavy atom. The molecule has 0 amide bonds. The van der Waals surface area contributed by atoms with Gasteiger partial charge in [-0.15, -0.1) is 11.6 Å². The van der Waals surface area contributed by atoms with Gasteiger partial charge in [0.05, 0.1) is 28.6 Å². The van der Waals surface area contributed by atoms with Crippen molar-refractivity contribution in [3.63, 3.8) is 0 Å². The summed E-state index contributed by atoms with van der Waals surface area (Å²) in [6, 6.07) is 0. The molecule has 6 heteroatoms. The van der Waals surface area contributed by atoms with E-state index in [1.54, 1.807) is 6.92 Å². The van der Waals surface area contributed by atoms with Crippen molar-refractivity contribution < 1.29 is 19.1 Å². The van der Waals surface area contributed by atoms with Crippen LogP contribution in [0.3, 0.4) is 0 Å². The van der Waals surface area contributed by atoms with Crippen LogP contribution in [0.25, 0.3) is 0 Å². The summed E-state index contributed by atoms with van der Waals surface area (Å²) in [6.07, 6.45) is 0.326. The van der Waals surface area contributed by atoms with Crippen LogP contribution in [0.15, 0.2) is 0 Å². The average Bonchev–Trinajstić information content (AvgIpc) is 2.56. The zero-order chi connectivity index (χ0) is 11.9. The normalized spacial score (nSPS) is 41.7. The Morgan fingerprint density at radius 3 is 3.00 bits per heavy atom. The summed E-state index contributed by atoms with van der Waals surface area (Å²) in [5.74, 6) is -1.79. The maximum absolute atomic E-state index is 11.8. The topological polar surface area (TPSA) is 52.6 Å². The van der Waals surface area contributed by atoms with E-state index >= 15 is 0 Å². The molecule has 1 heterocycles. The summed E-state index contributed by atoms with van der Waals surface area (Å²) < 4.78 is 10.1. The van der Waals surface area contributed by atoms with Crippen LogP contribution in [-0.4, -0.2) is 34.9 Å². The molecule has 0 radical (unpaired) electrons. The second-order valence-electron chi connectivity index (χ2n) is 3.98. The minimum Gasteiger partial charge on any atom is -0.466 e. The molecule has 2 bridgehead atoms. The molecule has 4 nitrogen and oxygen atoms in total. The highest BCUT2D eigenvalue weighted by molar-refractivity contribution is 9.09. The first-order chi connectivity index (χ1) is 7.56. The number of hydrogen-bond donors (Lipinski definition) is 0. The molecule has 2 rings (SSSR count). The van der Waals surface area contributed by atoms with Gasteiger partial charge in [0.2, 0.25) is 0 Å². The van der Waals surface area contributed by atoms with Crippen LogP contribution in [0.1, 0.15) is 13.3 Å². The largest absolute Gasteiger partial charge is 0.466 e. The van der Waals surface area contributed by atoms with E-state index in [0.717, 1.165) is 0 Å². The summed E-state index contributed by atoms with van der Waals surface area (Å²) in [7, 11) is 0. The molecule has 2 fully saturated rings. The van der Waals surface area contributed by atoms with Crippen molar-refractivity contribution in [2.24, 2.45) is 11.8 Å². The van der Waals surface area contributed by atoms with E-state index in [0.29, 0.717) is 6.42 Å². The van der Waals surface area contributed by atoms with Gasteiger partial charge in [-0.3, -0.25) is 9.59 Å². The Kier molecular flexibility index (Phi) is 3.45. The van der Waals surface area contributed by atoms with Gasteiger partial charge >= 0.3 is 11.9 Å². The molecule has 1 aliphatic heterocycles. The minimum absolute atomic E-state index is 0.189. The van der Waals surface area contributed by atoms with Crippen LogP contribution in [0.4, 0.5) is 0 Å². The van der Waals surface area contributed by atoms with E-state index in [-0.39, 0.29) is 23.5 Å². The molecule has 0 unspecified atom stereocenters. The highest BCUT2D eigenvalue weighted by Crippen LogP contribution is 2.44. The zero-order valence-electron chi connectivity index (χ0n) is 8.69. The van der Waals surface area contributed by atoms with Crippen LogP contribution in [0.5, 0.6) is 0 Å². The molecular weight excluding hydrogens is 299 g/mol. The molecule has 5 atom stereocenters. The number of ether oxygens (including phenoxy) is 2. The van der Waals surface area contributed by atoms with Crippen LogP contribution in [0, 0.1) is 11.8 Å². The monoisotopic (exact) mass is 310 g/mol. The van der Waals surface area contributed by atoms with Crippen LogP contribution < -0.4 is 0 Å². The van der Waals surface area contributed by atoms with Crippen molar-refractivity contribution in [3.8, 4) is 0 Å². The van der Waals surface area contributed by atoms with Crippen molar-refractivity contribution in [2.75, 3.05) is 6.61 Å². The maximum Gasteiger partial charge on any atom is 0.311 e. The molecule has 0 aromatic rings. The Balaban J connectivity index is 2.21. The third-order valence-corrected chi connectivity index (χ3v) is 5.06. The second-order valence-corrected chi connectivity index (χ2v) is 5.55. The first-order valence-corrected chi connectivity index (χ1v) is 6.56. The fourth-order valence-electron chi connectivity index (χ4n) is 2.28. The molecule has 16 heavy (non-hydrogen) atoms. The Labute approximate surface area is 107 Å². The molecule has 0 aromatic carbocycles. The predicted octanol–water partition coefficient (Wildman–Crippen LogP) is 1.48. The lowest BCUT2D eigenvalue weighted by Crippen LogP contribution is -2.45. The number of esters is 2. The molecule has 0 spiro atoms. The SMILES string of the molecule is CCOC(=O)[C@@H]1[C@@H](Cl)[C@@H](Br)[C@@H]2C[C@@H]1C(=O)O2. The Bertz CT molecular complexity index is 322. The molecule has 1 saturated carbocycles. The first kappa shape index (κ1) is 12.2. The second kappa shape index (κ2) is 4.53. The quantitative estimate of drug-likeness (QED) is 0.572. The number of halogens is 2. The van der Waals surface area contributed by atoms with E-state index < -0.39 is 23.2 Å². The average molecular weight is 312 g/mol. The Hall–Kier alpha value is -0.290. The number of rotatable bonds is 2. The van der Waals surface area contributed by atoms with E-state index in [1.165, 1.54) is 0 Å². The number of hydrogen-bond acceptors (Lipinski definition) is 4. The van der Waals surface area contributed by atoms with Gasteiger partial charge in [0.25, 0.3) is 0 Å². The maximum atomic E-state index is 11.8. The van der Waals surface area contributed by atoms with Gasteiger partial charge in [-0.25, -0.2) is 0 Å². The van der Waals surface area contributed by atoms with Gasteiger partial charge in [0, 0.05) is 0 Å². The fourth-order valence-corrected chi connectivity index (χ4v) is 3.37. The van der Waals surface area contributed by atoms with Crippen LogP contribution in [0.2, 0.25) is 0 Å². The number of fused-ring (bicyclic) bond motifs is 2. The van der Waals surface area contributed by atoms with Gasteiger partial charge in [0.15, 0.2) is 0 Å². The highest BCUT2D eigenvalue weighted by Gasteiger charge is 2.56. The van der Waals surface area contributed by atoms with E-state index in [4.69, 9.17) is 21.1 Å².